The van der Waals surface area contributed by atoms with Gasteiger partial charge in [-0.1, -0.05) is 49.7 Å². The third-order valence-electron chi connectivity index (χ3n) is 4.94. The quantitative estimate of drug-likeness (QED) is 0.351. The van der Waals surface area contributed by atoms with Crippen LogP contribution in [0.25, 0.3) is 0 Å². The Hall–Kier alpha value is -3.51. The number of hydrogen-bond donors (Lipinski definition) is 1. The number of nitrogens with one attached hydrogen (secondary N) is 1. The van der Waals surface area contributed by atoms with Crippen LogP contribution in [0.5, 0.6) is 5.75 Å². The Kier molecular flexibility index (Phi) is 6.61. The van der Waals surface area contributed by atoms with Crippen LogP contribution < -0.4 is 10.1 Å². The summed E-state index contributed by atoms with van der Waals surface area (Å²) in [5.74, 6) is 1.66. The van der Waals surface area contributed by atoms with Gasteiger partial charge in [-0.2, -0.15) is 5.10 Å². The molecule has 0 aliphatic carbocycles. The molecule has 2 aromatic heterocycles. The summed E-state index contributed by atoms with van der Waals surface area (Å²) in [6.45, 7) is 5.09. The molecule has 0 fully saturated rings. The van der Waals surface area contributed by atoms with E-state index in [1.165, 1.54) is 5.56 Å². The number of carbonyl (C=O) groups is 1. The SMILES string of the molecule is CC(C)c1ccc(OCc2ccc(C(=O)Nc3cnn(Cc4cccc(Cl)c4)c3)o2)cc1. The van der Waals surface area contributed by atoms with Crippen LogP contribution in [-0.4, -0.2) is 15.7 Å². The molecule has 0 saturated heterocycles. The first-order valence-electron chi connectivity index (χ1n) is 10.4. The normalized spacial score (nSPS) is 11.0. The monoisotopic (exact) mass is 449 g/mol. The number of halogens is 1. The van der Waals surface area contributed by atoms with Crippen LogP contribution in [0.4, 0.5) is 5.69 Å². The number of rotatable bonds is 8. The number of aromatic nitrogens is 2. The van der Waals surface area contributed by atoms with Gasteiger partial charge in [0.2, 0.25) is 0 Å². The Bertz CT molecular complexity index is 1200. The van der Waals surface area contributed by atoms with Crippen molar-refractivity contribution in [3.63, 3.8) is 0 Å². The standard InChI is InChI=1S/C25H24ClN3O3/c1-17(2)19-6-8-22(9-7-19)31-16-23-10-11-24(32-23)25(30)28-21-13-27-29(15-21)14-18-4-3-5-20(26)12-18/h3-13,15,17H,14,16H2,1-2H3,(H,28,30). The molecule has 0 radical (unpaired) electrons. The molecule has 2 aromatic carbocycles. The highest BCUT2D eigenvalue weighted by molar-refractivity contribution is 6.30. The number of hydrogen-bond acceptors (Lipinski definition) is 4. The zero-order valence-electron chi connectivity index (χ0n) is 17.9. The highest BCUT2D eigenvalue weighted by Crippen LogP contribution is 2.20. The Morgan fingerprint density at radius 1 is 1.16 bits per heavy atom. The second-order valence-corrected chi connectivity index (χ2v) is 8.23. The predicted octanol–water partition coefficient (Wildman–Crippen LogP) is 6.13. The van der Waals surface area contributed by atoms with Gasteiger partial charge in [0.25, 0.3) is 5.91 Å². The van der Waals surface area contributed by atoms with Gasteiger partial charge in [0.15, 0.2) is 5.76 Å². The van der Waals surface area contributed by atoms with Gasteiger partial charge in [-0.25, -0.2) is 0 Å². The van der Waals surface area contributed by atoms with E-state index in [2.05, 4.69) is 24.3 Å². The molecule has 1 N–H and O–H groups in total. The molecule has 6 nitrogen and oxygen atoms in total. The lowest BCUT2D eigenvalue weighted by Crippen LogP contribution is -2.10. The zero-order valence-corrected chi connectivity index (χ0v) is 18.7. The number of anilines is 1. The summed E-state index contributed by atoms with van der Waals surface area (Å²) in [5, 5.41) is 7.75. The molecule has 4 rings (SSSR count). The van der Waals surface area contributed by atoms with Crippen LogP contribution in [0.2, 0.25) is 5.02 Å². The van der Waals surface area contributed by atoms with Crippen molar-refractivity contribution in [2.75, 3.05) is 5.32 Å². The fraction of sp³-hybridized carbons (Fsp3) is 0.200. The van der Waals surface area contributed by atoms with E-state index >= 15 is 0 Å². The van der Waals surface area contributed by atoms with E-state index in [1.807, 2.05) is 48.5 Å². The van der Waals surface area contributed by atoms with Gasteiger partial charge >= 0.3 is 0 Å². The van der Waals surface area contributed by atoms with Crippen LogP contribution in [0, 0.1) is 0 Å². The maximum Gasteiger partial charge on any atom is 0.291 e. The highest BCUT2D eigenvalue weighted by atomic mass is 35.5. The van der Waals surface area contributed by atoms with Gasteiger partial charge in [-0.3, -0.25) is 9.48 Å². The summed E-state index contributed by atoms with van der Waals surface area (Å²) in [4.78, 5) is 12.5. The summed E-state index contributed by atoms with van der Waals surface area (Å²) >= 11 is 6.02. The topological polar surface area (TPSA) is 69.3 Å². The smallest absolute Gasteiger partial charge is 0.291 e. The lowest BCUT2D eigenvalue weighted by molar-refractivity contribution is 0.0992. The first-order chi connectivity index (χ1) is 15.5. The van der Waals surface area contributed by atoms with Crippen molar-refractivity contribution < 1.29 is 13.9 Å². The summed E-state index contributed by atoms with van der Waals surface area (Å²) in [6, 6.07) is 18.9. The van der Waals surface area contributed by atoms with Gasteiger partial charge in [0.1, 0.15) is 18.1 Å². The van der Waals surface area contributed by atoms with Gasteiger partial charge in [-0.15, -0.1) is 0 Å². The minimum atomic E-state index is -0.347. The highest BCUT2D eigenvalue weighted by Gasteiger charge is 2.13. The molecule has 0 aliphatic heterocycles. The number of nitrogens with zero attached hydrogens (tertiary/aromatic N) is 2. The Balaban J connectivity index is 1.31. The van der Waals surface area contributed by atoms with E-state index in [-0.39, 0.29) is 18.3 Å². The minimum Gasteiger partial charge on any atom is -0.486 e. The first kappa shape index (κ1) is 21.7. The van der Waals surface area contributed by atoms with E-state index in [1.54, 1.807) is 29.2 Å². The molecular weight excluding hydrogens is 426 g/mol. The number of carbonyl (C=O) groups excluding carboxylic acids is 1. The average molecular weight is 450 g/mol. The number of benzene rings is 2. The maximum absolute atomic E-state index is 12.5. The van der Waals surface area contributed by atoms with E-state index in [0.29, 0.717) is 28.9 Å². The van der Waals surface area contributed by atoms with Crippen molar-refractivity contribution >= 4 is 23.2 Å². The molecule has 7 heteroatoms. The minimum absolute atomic E-state index is 0.210. The van der Waals surface area contributed by atoms with Crippen LogP contribution in [0.1, 0.15) is 47.2 Å². The molecule has 32 heavy (non-hydrogen) atoms. The summed E-state index contributed by atoms with van der Waals surface area (Å²) < 4.78 is 13.1. The van der Waals surface area contributed by atoms with Crippen molar-refractivity contribution in [1.29, 1.82) is 0 Å². The average Bonchev–Trinajstić information content (AvgIpc) is 3.42. The van der Waals surface area contributed by atoms with Crippen molar-refractivity contribution in [3.05, 3.63) is 101 Å². The molecule has 2 heterocycles. The molecule has 164 valence electrons. The third-order valence-corrected chi connectivity index (χ3v) is 5.17. The van der Waals surface area contributed by atoms with Crippen LogP contribution >= 0.6 is 11.6 Å². The van der Waals surface area contributed by atoms with E-state index < -0.39 is 0 Å². The third kappa shape index (κ3) is 5.59. The second kappa shape index (κ2) is 9.75. The van der Waals surface area contributed by atoms with Gasteiger partial charge in [0.05, 0.1) is 18.4 Å². The number of amides is 1. The Morgan fingerprint density at radius 2 is 1.97 bits per heavy atom. The lowest BCUT2D eigenvalue weighted by atomic mass is 10.0. The van der Waals surface area contributed by atoms with Crippen molar-refractivity contribution in [3.8, 4) is 5.75 Å². The first-order valence-corrected chi connectivity index (χ1v) is 10.7. The molecule has 0 spiro atoms. The second-order valence-electron chi connectivity index (χ2n) is 7.79. The number of ether oxygens (including phenoxy) is 1. The van der Waals surface area contributed by atoms with Gasteiger partial charge < -0.3 is 14.5 Å². The fourth-order valence-electron chi connectivity index (χ4n) is 3.21. The summed E-state index contributed by atoms with van der Waals surface area (Å²) in [6.07, 6.45) is 3.35. The molecule has 4 aromatic rings. The Labute approximate surface area is 191 Å². The molecular formula is C25H24ClN3O3. The van der Waals surface area contributed by atoms with Crippen LogP contribution in [0.15, 0.2) is 77.5 Å². The molecule has 0 atom stereocenters. The zero-order chi connectivity index (χ0) is 22.5. The fourth-order valence-corrected chi connectivity index (χ4v) is 3.42. The Morgan fingerprint density at radius 3 is 2.72 bits per heavy atom. The van der Waals surface area contributed by atoms with Gasteiger partial charge in [-0.05, 0) is 53.4 Å². The summed E-state index contributed by atoms with van der Waals surface area (Å²) in [5.41, 5.74) is 2.86. The van der Waals surface area contributed by atoms with Crippen LogP contribution in [0.3, 0.4) is 0 Å². The molecule has 1 amide bonds. The summed E-state index contributed by atoms with van der Waals surface area (Å²) in [7, 11) is 0. The van der Waals surface area contributed by atoms with E-state index in [4.69, 9.17) is 20.8 Å². The molecule has 0 saturated carbocycles. The largest absolute Gasteiger partial charge is 0.486 e. The molecule has 0 bridgehead atoms. The lowest BCUT2D eigenvalue weighted by Gasteiger charge is -2.08. The van der Waals surface area contributed by atoms with Crippen molar-refractivity contribution in [2.45, 2.75) is 32.9 Å². The molecule has 0 aliphatic rings. The van der Waals surface area contributed by atoms with Crippen molar-refractivity contribution in [1.82, 2.24) is 9.78 Å². The molecule has 0 unspecified atom stereocenters. The van der Waals surface area contributed by atoms with Crippen molar-refractivity contribution in [2.24, 2.45) is 0 Å². The predicted molar refractivity (Wildman–Crippen MR) is 124 cm³/mol. The van der Waals surface area contributed by atoms with Crippen LogP contribution in [-0.2, 0) is 13.2 Å². The van der Waals surface area contributed by atoms with E-state index in [0.717, 1.165) is 11.3 Å². The maximum atomic E-state index is 12.5. The number of furan rings is 1. The van der Waals surface area contributed by atoms with Gasteiger partial charge in [0, 0.05) is 11.2 Å². The van der Waals surface area contributed by atoms with E-state index in [9.17, 15) is 4.79 Å².